The molecule has 354 valence electrons. The van der Waals surface area contributed by atoms with E-state index in [4.69, 9.17) is 17.0 Å². The molecule has 2 saturated carbocycles. The molecule has 2 aliphatic carbocycles. The van der Waals surface area contributed by atoms with Crippen LogP contribution in [-0.4, -0.2) is 25.7 Å². The van der Waals surface area contributed by atoms with Crippen molar-refractivity contribution in [1.82, 2.24) is 0 Å². The number of hydrogen-bond acceptors (Lipinski definition) is 0. The molecule has 2 aliphatic rings. The fourth-order valence-electron chi connectivity index (χ4n) is 11.5. The van der Waals surface area contributed by atoms with Crippen LogP contribution >= 0.6 is 17.0 Å². The summed E-state index contributed by atoms with van der Waals surface area (Å²) >= 11 is -0.826. The molecular formula is C60H84Cl2Si3Zr. The summed E-state index contributed by atoms with van der Waals surface area (Å²) in [6.45, 7) is 23.6. The third-order valence-corrected chi connectivity index (χ3v) is 18.9. The molecule has 0 bridgehead atoms. The minimum absolute atomic E-state index is 0.536. The van der Waals surface area contributed by atoms with E-state index in [-0.39, 0.29) is 0 Å². The Bertz CT molecular complexity index is 2140. The third kappa shape index (κ3) is 15.6. The maximum atomic E-state index is 4.93. The van der Waals surface area contributed by atoms with Crippen molar-refractivity contribution < 1.29 is 20.8 Å². The Labute approximate surface area is 427 Å². The normalized spacial score (nSPS) is 16.1. The number of hydrogen-bond donors (Lipinski definition) is 0. The first-order valence-electron chi connectivity index (χ1n) is 25.8. The van der Waals surface area contributed by atoms with Crippen LogP contribution in [0.2, 0.25) is 52.4 Å². The van der Waals surface area contributed by atoms with Crippen LogP contribution in [0.25, 0.3) is 43.8 Å². The number of rotatable bonds is 12. The van der Waals surface area contributed by atoms with E-state index in [9.17, 15) is 0 Å². The van der Waals surface area contributed by atoms with Crippen LogP contribution in [-0.2, 0) is 33.7 Å². The molecule has 66 heavy (non-hydrogen) atoms. The quantitative estimate of drug-likeness (QED) is 0.0651. The Morgan fingerprint density at radius 3 is 1.12 bits per heavy atom. The molecule has 0 nitrogen and oxygen atoms in total. The summed E-state index contributed by atoms with van der Waals surface area (Å²) < 4.78 is 0. The zero-order chi connectivity index (χ0) is 47.8. The topological polar surface area (TPSA) is 0 Å². The standard InChI is InChI=1S/2C29H39Si.C2H6Si.2ClH.Zr/c2*1-5-17-29(18-8-6-7-9-19-29)22-23-20-25-11-10-12-27(28(25)21-23)24-13-15-26(16-14-24)30(2,3)4;1-3-2;;;/h2*10-16,20-21H,5-9,17-19,22H2,1-4H3;1-2H3;2*1H;/q2*-1;;;;+4/p-2. The molecule has 0 N–H and O–H groups in total. The fourth-order valence-corrected chi connectivity index (χ4v) is 13.8. The van der Waals surface area contributed by atoms with E-state index in [1.807, 2.05) is 0 Å². The molecule has 2 radical (unpaired) electrons. The molecule has 6 aromatic rings. The second-order valence-corrected chi connectivity index (χ2v) is 37.1. The van der Waals surface area contributed by atoms with Gasteiger partial charge in [0.1, 0.15) is 0 Å². The summed E-state index contributed by atoms with van der Waals surface area (Å²) in [5.41, 5.74) is 9.70. The van der Waals surface area contributed by atoms with Crippen molar-refractivity contribution in [3.8, 4) is 22.3 Å². The van der Waals surface area contributed by atoms with Crippen molar-refractivity contribution >= 4 is 74.6 Å². The number of halogens is 2. The van der Waals surface area contributed by atoms with E-state index < -0.39 is 37.0 Å². The predicted molar refractivity (Wildman–Crippen MR) is 303 cm³/mol. The number of fused-ring (bicyclic) bond motifs is 2. The summed E-state index contributed by atoms with van der Waals surface area (Å²) in [5.74, 6) is 0. The average Bonchev–Trinajstić information content (AvgIpc) is 3.72. The molecule has 0 aromatic heterocycles. The van der Waals surface area contributed by atoms with Gasteiger partial charge in [-0.2, -0.15) is 12.1 Å². The summed E-state index contributed by atoms with van der Waals surface area (Å²) in [7, 11) is 8.45. The van der Waals surface area contributed by atoms with Crippen LogP contribution in [0, 0.1) is 10.8 Å². The summed E-state index contributed by atoms with van der Waals surface area (Å²) in [5, 5.41) is 8.78. The van der Waals surface area contributed by atoms with Crippen molar-refractivity contribution in [3.63, 3.8) is 0 Å². The molecule has 0 atom stereocenters. The number of benzene rings is 4. The van der Waals surface area contributed by atoms with E-state index in [0.717, 1.165) is 9.52 Å². The second kappa shape index (κ2) is 26.4. The van der Waals surface area contributed by atoms with E-state index in [2.05, 4.69) is 175 Å². The van der Waals surface area contributed by atoms with Gasteiger partial charge in [-0.05, 0) is 73.3 Å². The van der Waals surface area contributed by atoms with Gasteiger partial charge in [-0.1, -0.05) is 213 Å². The molecule has 0 amide bonds. The van der Waals surface area contributed by atoms with Crippen molar-refractivity contribution in [2.45, 2.75) is 182 Å². The maximum absolute atomic E-state index is 4.93. The van der Waals surface area contributed by atoms with Gasteiger partial charge in [0, 0.05) is 9.52 Å². The Morgan fingerprint density at radius 1 is 0.515 bits per heavy atom. The van der Waals surface area contributed by atoms with Crippen molar-refractivity contribution in [2.24, 2.45) is 10.8 Å². The van der Waals surface area contributed by atoms with E-state index >= 15 is 0 Å². The van der Waals surface area contributed by atoms with Crippen LogP contribution in [0.15, 0.2) is 109 Å². The van der Waals surface area contributed by atoms with Gasteiger partial charge in [-0.25, -0.2) is 0 Å². The molecular weight excluding hydrogens is 967 g/mol. The first-order valence-corrected chi connectivity index (χ1v) is 41.1. The van der Waals surface area contributed by atoms with Crippen molar-refractivity contribution in [3.05, 3.63) is 120 Å². The van der Waals surface area contributed by atoms with Gasteiger partial charge in [0.15, 0.2) is 0 Å². The zero-order valence-corrected chi connectivity index (χ0v) is 49.8. The van der Waals surface area contributed by atoms with Crippen LogP contribution in [0.1, 0.15) is 128 Å². The minimum atomic E-state index is -1.25. The zero-order valence-electron chi connectivity index (χ0n) is 42.9. The third-order valence-electron chi connectivity index (χ3n) is 14.8. The predicted octanol–water partition coefficient (Wildman–Crippen LogP) is 19.1. The molecule has 0 saturated heterocycles. The van der Waals surface area contributed by atoms with Crippen molar-refractivity contribution in [2.75, 3.05) is 0 Å². The van der Waals surface area contributed by atoms with Gasteiger partial charge in [0.2, 0.25) is 0 Å². The second-order valence-electron chi connectivity index (χ2n) is 22.3. The van der Waals surface area contributed by atoms with Gasteiger partial charge in [0.25, 0.3) is 0 Å². The SMILES string of the molecule is CCCC1(Cc2cc3c(-c4ccc([Si](C)(C)C)cc4)cccc3[cH-]2)CCCCCC1.CCCC1(Cc2cc3c(-c4ccc([Si](C)(C)C)cc4)cccc3[cH-]2)CCCCCC1.C[Si]C.[Cl][Zr+2][Cl]. The Kier molecular flexibility index (Phi) is 22.1. The van der Waals surface area contributed by atoms with E-state index in [1.165, 1.54) is 170 Å². The molecule has 0 aliphatic heterocycles. The average molecular weight is 1050 g/mol. The van der Waals surface area contributed by atoms with Crippen LogP contribution in [0.5, 0.6) is 0 Å². The van der Waals surface area contributed by atoms with Gasteiger partial charge >= 0.3 is 37.9 Å². The molecule has 0 unspecified atom stereocenters. The fraction of sp³-hybridized carbons (Fsp3) is 0.500. The molecule has 0 spiro atoms. The first kappa shape index (κ1) is 55.1. The Hall–Kier alpha value is -1.79. The monoisotopic (exact) mass is 1050 g/mol. The Balaban J connectivity index is 0.000000221. The van der Waals surface area contributed by atoms with Crippen LogP contribution in [0.3, 0.4) is 0 Å². The van der Waals surface area contributed by atoms with Gasteiger partial charge in [0.05, 0.1) is 16.1 Å². The van der Waals surface area contributed by atoms with Gasteiger partial charge in [-0.3, -0.25) is 0 Å². The Morgan fingerprint density at radius 2 is 0.833 bits per heavy atom. The van der Waals surface area contributed by atoms with Gasteiger partial charge < -0.3 is 0 Å². The van der Waals surface area contributed by atoms with Crippen LogP contribution in [0.4, 0.5) is 0 Å². The first-order chi connectivity index (χ1) is 31.6. The summed E-state index contributed by atoms with van der Waals surface area (Å²) in [4.78, 5) is 0. The molecule has 0 heterocycles. The molecule has 6 heteroatoms. The van der Waals surface area contributed by atoms with Crippen molar-refractivity contribution in [1.29, 1.82) is 0 Å². The van der Waals surface area contributed by atoms with E-state index in [1.54, 1.807) is 11.1 Å². The van der Waals surface area contributed by atoms with Crippen LogP contribution < -0.4 is 10.4 Å². The molecule has 8 rings (SSSR count). The summed E-state index contributed by atoms with van der Waals surface area (Å²) in [6, 6.07) is 42.5. The summed E-state index contributed by atoms with van der Waals surface area (Å²) in [6.07, 6.45) is 25.1. The molecule has 2 fully saturated rings. The van der Waals surface area contributed by atoms with E-state index in [0.29, 0.717) is 10.8 Å². The molecule has 6 aromatic carbocycles. The van der Waals surface area contributed by atoms with Gasteiger partial charge in [-0.15, -0.1) is 69.1 Å².